The smallest absolute Gasteiger partial charge is 0.416 e. The highest BCUT2D eigenvalue weighted by atomic mass is 35.5. The maximum atomic E-state index is 13.6. The summed E-state index contributed by atoms with van der Waals surface area (Å²) in [6.07, 6.45) is 2.15. The molecule has 2 aromatic heterocycles. The highest BCUT2D eigenvalue weighted by Gasteiger charge is 2.37. The van der Waals surface area contributed by atoms with Crippen molar-refractivity contribution in [1.29, 1.82) is 0 Å². The van der Waals surface area contributed by atoms with E-state index in [1.165, 1.54) is 12.1 Å². The Labute approximate surface area is 211 Å². The minimum Gasteiger partial charge on any atom is -0.496 e. The summed E-state index contributed by atoms with van der Waals surface area (Å²) in [4.78, 5) is 8.62. The molecule has 0 spiro atoms. The molecule has 5 nitrogen and oxygen atoms in total. The van der Waals surface area contributed by atoms with Gasteiger partial charge in [-0.25, -0.2) is 14.6 Å². The molecule has 1 unspecified atom stereocenters. The Balaban J connectivity index is 1.43. The predicted octanol–water partition coefficient (Wildman–Crippen LogP) is 7.12. The zero-order valence-electron chi connectivity index (χ0n) is 19.3. The van der Waals surface area contributed by atoms with Gasteiger partial charge in [-0.3, -0.25) is 0 Å². The summed E-state index contributed by atoms with van der Waals surface area (Å²) in [6, 6.07) is 15.1. The van der Waals surface area contributed by atoms with Crippen LogP contribution in [0.4, 0.5) is 13.2 Å². The summed E-state index contributed by atoms with van der Waals surface area (Å²) in [6.45, 7) is 0.623. The molecule has 36 heavy (non-hydrogen) atoms. The van der Waals surface area contributed by atoms with Crippen LogP contribution in [0.2, 0.25) is 5.15 Å². The third kappa shape index (κ3) is 4.86. The standard InChI is InChI=1S/C27H22ClF3N4O/c1-36-23-15-17(8-10-19(23)18-12-13-32-24(28)16-18)9-11-25-33-26-21(6-4-14-35(26)34-25)20-5-2-3-7-22(20)27(29,30)31/h2-3,5,7-13,15-16,21H,4,6,14H2,1H3/b11-9+. The number of ether oxygens (including phenoxy) is 1. The number of hydrogen-bond donors (Lipinski definition) is 0. The first-order valence-corrected chi connectivity index (χ1v) is 11.8. The molecule has 0 saturated heterocycles. The second-order valence-corrected chi connectivity index (χ2v) is 8.88. The van der Waals surface area contributed by atoms with Gasteiger partial charge in [-0.1, -0.05) is 48.0 Å². The van der Waals surface area contributed by atoms with Gasteiger partial charge in [-0.15, -0.1) is 0 Å². The normalized spacial score (nSPS) is 15.8. The van der Waals surface area contributed by atoms with Crippen LogP contribution in [0.25, 0.3) is 23.3 Å². The molecule has 5 rings (SSSR count). The van der Waals surface area contributed by atoms with Crippen molar-refractivity contribution >= 4 is 23.8 Å². The second-order valence-electron chi connectivity index (χ2n) is 8.49. The van der Waals surface area contributed by atoms with Crippen LogP contribution in [0.3, 0.4) is 0 Å². The molecule has 1 aliphatic rings. The summed E-state index contributed by atoms with van der Waals surface area (Å²) in [5.41, 5.74) is 2.25. The van der Waals surface area contributed by atoms with Crippen molar-refractivity contribution < 1.29 is 17.9 Å². The Bertz CT molecular complexity index is 1430. The lowest BCUT2D eigenvalue weighted by Crippen LogP contribution is -2.21. The molecule has 0 saturated carbocycles. The van der Waals surface area contributed by atoms with Gasteiger partial charge in [0.25, 0.3) is 0 Å². The fourth-order valence-corrected chi connectivity index (χ4v) is 4.76. The Kier molecular flexibility index (Phi) is 6.53. The van der Waals surface area contributed by atoms with E-state index in [1.807, 2.05) is 30.3 Å². The number of nitrogens with zero attached hydrogens (tertiary/aromatic N) is 4. The number of methoxy groups -OCH3 is 1. The van der Waals surface area contributed by atoms with Gasteiger partial charge in [0.15, 0.2) is 5.82 Å². The van der Waals surface area contributed by atoms with Gasteiger partial charge in [-0.05, 0) is 59.9 Å². The van der Waals surface area contributed by atoms with Gasteiger partial charge >= 0.3 is 6.18 Å². The molecule has 0 bridgehead atoms. The molecule has 0 fully saturated rings. The quantitative estimate of drug-likeness (QED) is 0.268. The molecule has 3 heterocycles. The molecule has 1 atom stereocenters. The lowest BCUT2D eigenvalue weighted by atomic mass is 9.88. The molecule has 2 aromatic carbocycles. The molecule has 184 valence electrons. The molecule has 0 radical (unpaired) electrons. The zero-order chi connectivity index (χ0) is 25.3. The fraction of sp³-hybridized carbons (Fsp3) is 0.222. The van der Waals surface area contributed by atoms with E-state index in [2.05, 4.69) is 15.1 Å². The summed E-state index contributed by atoms with van der Waals surface area (Å²) in [7, 11) is 1.60. The van der Waals surface area contributed by atoms with E-state index in [0.29, 0.717) is 35.5 Å². The average Bonchev–Trinajstić information content (AvgIpc) is 3.30. The van der Waals surface area contributed by atoms with Crippen molar-refractivity contribution in [3.8, 4) is 16.9 Å². The van der Waals surface area contributed by atoms with Gasteiger partial charge in [0, 0.05) is 24.2 Å². The first kappa shape index (κ1) is 24.1. The summed E-state index contributed by atoms with van der Waals surface area (Å²) in [5, 5.41) is 4.93. The van der Waals surface area contributed by atoms with Crippen LogP contribution in [0, 0.1) is 0 Å². The zero-order valence-corrected chi connectivity index (χ0v) is 20.1. The van der Waals surface area contributed by atoms with Crippen molar-refractivity contribution in [2.75, 3.05) is 7.11 Å². The van der Waals surface area contributed by atoms with Gasteiger partial charge in [-0.2, -0.15) is 18.3 Å². The molecule has 9 heteroatoms. The monoisotopic (exact) mass is 510 g/mol. The van der Waals surface area contributed by atoms with E-state index in [-0.39, 0.29) is 5.56 Å². The van der Waals surface area contributed by atoms with Gasteiger partial charge < -0.3 is 4.74 Å². The van der Waals surface area contributed by atoms with Gasteiger partial charge in [0.1, 0.15) is 16.7 Å². The van der Waals surface area contributed by atoms with Crippen molar-refractivity contribution in [3.05, 3.63) is 94.3 Å². The number of rotatable bonds is 5. The van der Waals surface area contributed by atoms with Crippen LogP contribution in [0.15, 0.2) is 60.8 Å². The lowest BCUT2D eigenvalue weighted by Gasteiger charge is -2.25. The van der Waals surface area contributed by atoms with E-state index < -0.39 is 17.7 Å². The Morgan fingerprint density at radius 2 is 1.92 bits per heavy atom. The molecule has 1 aliphatic heterocycles. The number of pyridine rings is 1. The van der Waals surface area contributed by atoms with E-state index in [1.54, 1.807) is 36.2 Å². The average molecular weight is 511 g/mol. The van der Waals surface area contributed by atoms with Gasteiger partial charge in [0.05, 0.1) is 12.7 Å². The molecule has 0 amide bonds. The molecular formula is C27H22ClF3N4O. The van der Waals surface area contributed by atoms with Gasteiger partial charge in [0.2, 0.25) is 0 Å². The Hall–Kier alpha value is -3.65. The maximum absolute atomic E-state index is 13.6. The van der Waals surface area contributed by atoms with Crippen LogP contribution in [0.5, 0.6) is 5.75 Å². The molecule has 0 aliphatic carbocycles. The van der Waals surface area contributed by atoms with E-state index in [0.717, 1.165) is 29.2 Å². The van der Waals surface area contributed by atoms with E-state index in [9.17, 15) is 13.2 Å². The minimum absolute atomic E-state index is 0.241. The van der Waals surface area contributed by atoms with Crippen LogP contribution in [0.1, 0.15) is 47.1 Å². The van der Waals surface area contributed by atoms with E-state index in [4.69, 9.17) is 16.3 Å². The number of fused-ring (bicyclic) bond motifs is 1. The number of halogens is 4. The van der Waals surface area contributed by atoms with Crippen LogP contribution < -0.4 is 4.74 Å². The summed E-state index contributed by atoms with van der Waals surface area (Å²) >= 11 is 6.03. The SMILES string of the molecule is COc1cc(/C=C/c2nc3n(n2)CCCC3c2ccccc2C(F)(F)F)ccc1-c1ccnc(Cl)c1. The first-order valence-electron chi connectivity index (χ1n) is 11.4. The molecular weight excluding hydrogens is 489 g/mol. The maximum Gasteiger partial charge on any atom is 0.416 e. The number of alkyl halides is 3. The summed E-state index contributed by atoms with van der Waals surface area (Å²) < 4.78 is 48.2. The highest BCUT2D eigenvalue weighted by molar-refractivity contribution is 6.29. The molecule has 0 N–H and O–H groups in total. The third-order valence-electron chi connectivity index (χ3n) is 6.22. The van der Waals surface area contributed by atoms with Crippen molar-refractivity contribution in [2.45, 2.75) is 31.5 Å². The number of benzene rings is 2. The predicted molar refractivity (Wildman–Crippen MR) is 133 cm³/mol. The van der Waals surface area contributed by atoms with Crippen LogP contribution in [-0.2, 0) is 12.7 Å². The van der Waals surface area contributed by atoms with Crippen LogP contribution >= 0.6 is 11.6 Å². The van der Waals surface area contributed by atoms with Crippen molar-refractivity contribution in [2.24, 2.45) is 0 Å². The number of hydrogen-bond acceptors (Lipinski definition) is 4. The van der Waals surface area contributed by atoms with Crippen molar-refractivity contribution in [3.63, 3.8) is 0 Å². The minimum atomic E-state index is -4.42. The number of aromatic nitrogens is 4. The highest BCUT2D eigenvalue weighted by Crippen LogP contribution is 2.40. The topological polar surface area (TPSA) is 52.8 Å². The Morgan fingerprint density at radius 3 is 2.69 bits per heavy atom. The first-order chi connectivity index (χ1) is 17.3. The fourth-order valence-electron chi connectivity index (χ4n) is 4.58. The third-order valence-corrected chi connectivity index (χ3v) is 6.43. The van der Waals surface area contributed by atoms with Crippen LogP contribution in [-0.4, -0.2) is 26.9 Å². The number of aryl methyl sites for hydroxylation is 1. The van der Waals surface area contributed by atoms with Crippen molar-refractivity contribution in [1.82, 2.24) is 19.7 Å². The molecule has 4 aromatic rings. The summed E-state index contributed by atoms with van der Waals surface area (Å²) in [5.74, 6) is 1.21. The van der Waals surface area contributed by atoms with E-state index >= 15 is 0 Å². The largest absolute Gasteiger partial charge is 0.496 e. The second kappa shape index (κ2) is 9.78. The Morgan fingerprint density at radius 1 is 1.08 bits per heavy atom. The lowest BCUT2D eigenvalue weighted by molar-refractivity contribution is -0.138.